The van der Waals surface area contributed by atoms with Gasteiger partial charge in [-0.3, -0.25) is 4.79 Å². The zero-order chi connectivity index (χ0) is 22.7. The van der Waals surface area contributed by atoms with Gasteiger partial charge in [0, 0.05) is 0 Å². The molecule has 2 heterocycles. The van der Waals surface area contributed by atoms with E-state index < -0.39 is 5.82 Å². The van der Waals surface area contributed by atoms with Crippen LogP contribution in [0.25, 0.3) is 6.08 Å². The number of hydrazone groups is 1. The number of nitrogens with zero attached hydrogens (tertiary/aromatic N) is 4. The predicted octanol–water partition coefficient (Wildman–Crippen LogP) is 5.27. The number of ether oxygens (including phenoxy) is 2. The fraction of sp³-hybridized carbons (Fsp3) is 0.130. The molecule has 0 saturated heterocycles. The average molecular weight is 453 g/mol. The van der Waals surface area contributed by atoms with Crippen molar-refractivity contribution in [2.75, 3.05) is 11.6 Å². The summed E-state index contributed by atoms with van der Waals surface area (Å²) in [6.45, 7) is 3.94. The molecule has 0 unspecified atom stereocenters. The topological polar surface area (TPSA) is 76.9 Å². The van der Waals surface area contributed by atoms with Gasteiger partial charge in [0.25, 0.3) is 11.8 Å². The maximum Gasteiger partial charge on any atom is 0.280 e. The quantitative estimate of drug-likeness (QED) is 0.376. The van der Waals surface area contributed by atoms with Crippen LogP contribution in [-0.2, 0) is 4.79 Å². The number of hydrogen-bond acceptors (Lipinski definition) is 6. The van der Waals surface area contributed by atoms with E-state index in [0.29, 0.717) is 34.9 Å². The molecule has 32 heavy (non-hydrogen) atoms. The summed E-state index contributed by atoms with van der Waals surface area (Å²) in [6.07, 6.45) is 2.65. The summed E-state index contributed by atoms with van der Waals surface area (Å²) in [5.41, 5.74) is 2.42. The zero-order valence-electron chi connectivity index (χ0n) is 17.3. The highest BCUT2D eigenvalue weighted by Crippen LogP contribution is 2.34. The summed E-state index contributed by atoms with van der Waals surface area (Å²) in [6, 6.07) is 14.2. The number of halogens is 2. The van der Waals surface area contributed by atoms with E-state index in [1.807, 2.05) is 37.3 Å². The van der Waals surface area contributed by atoms with E-state index in [-0.39, 0.29) is 22.8 Å². The molecule has 1 aromatic heterocycles. The third-order valence-corrected chi connectivity index (χ3v) is 4.71. The molecule has 0 N–H and O–H groups in total. The zero-order valence-corrected chi connectivity index (χ0v) is 18.0. The lowest BCUT2D eigenvalue weighted by molar-refractivity contribution is -0.114. The lowest BCUT2D eigenvalue weighted by atomic mass is 10.1. The van der Waals surface area contributed by atoms with Crippen molar-refractivity contribution < 1.29 is 18.7 Å². The van der Waals surface area contributed by atoms with Crippen molar-refractivity contribution in [1.29, 1.82) is 0 Å². The van der Waals surface area contributed by atoms with E-state index in [9.17, 15) is 9.18 Å². The summed E-state index contributed by atoms with van der Waals surface area (Å²) in [7, 11) is 0. The Kier molecular flexibility index (Phi) is 6.13. The monoisotopic (exact) mass is 452 g/mol. The van der Waals surface area contributed by atoms with Crippen molar-refractivity contribution in [3.63, 3.8) is 0 Å². The summed E-state index contributed by atoms with van der Waals surface area (Å²) >= 11 is 5.73. The first kappa shape index (κ1) is 21.5. The second-order valence-electron chi connectivity index (χ2n) is 6.73. The molecule has 0 fully saturated rings. The molecule has 162 valence electrons. The Morgan fingerprint density at radius 2 is 1.94 bits per heavy atom. The molecule has 9 heteroatoms. The van der Waals surface area contributed by atoms with Gasteiger partial charge in [0.05, 0.1) is 29.8 Å². The van der Waals surface area contributed by atoms with E-state index in [0.717, 1.165) is 6.20 Å². The van der Waals surface area contributed by atoms with Gasteiger partial charge < -0.3 is 9.47 Å². The molecule has 0 radical (unpaired) electrons. The van der Waals surface area contributed by atoms with E-state index in [2.05, 4.69) is 15.1 Å². The Morgan fingerprint density at radius 3 is 2.69 bits per heavy atom. The number of anilines is 1. The number of benzene rings is 2. The summed E-state index contributed by atoms with van der Waals surface area (Å²) < 4.78 is 25.2. The van der Waals surface area contributed by atoms with Crippen molar-refractivity contribution in [2.24, 2.45) is 5.10 Å². The van der Waals surface area contributed by atoms with Crippen LogP contribution in [0, 0.1) is 5.82 Å². The van der Waals surface area contributed by atoms with Crippen LogP contribution in [0.4, 0.5) is 10.1 Å². The molecular formula is C23H18ClFN4O3. The molecule has 0 atom stereocenters. The van der Waals surface area contributed by atoms with Crippen molar-refractivity contribution in [3.05, 3.63) is 77.0 Å². The van der Waals surface area contributed by atoms with Gasteiger partial charge in [-0.1, -0.05) is 24.3 Å². The average Bonchev–Trinajstić information content (AvgIpc) is 3.07. The Balaban J connectivity index is 1.64. The summed E-state index contributed by atoms with van der Waals surface area (Å²) in [5.74, 6) is -0.700. The predicted molar refractivity (Wildman–Crippen MR) is 120 cm³/mol. The molecule has 7 nitrogen and oxygen atoms in total. The third kappa shape index (κ3) is 4.45. The molecule has 0 bridgehead atoms. The molecular weight excluding hydrogens is 435 g/mol. The lowest BCUT2D eigenvalue weighted by Crippen LogP contribution is -2.21. The fourth-order valence-corrected chi connectivity index (χ4v) is 3.19. The van der Waals surface area contributed by atoms with Crippen LogP contribution in [0.1, 0.15) is 19.4 Å². The highest BCUT2D eigenvalue weighted by atomic mass is 35.5. The molecule has 0 aliphatic carbocycles. The molecule has 4 rings (SSSR count). The first-order chi connectivity index (χ1) is 15.5. The van der Waals surface area contributed by atoms with E-state index in [1.165, 1.54) is 5.01 Å². The van der Waals surface area contributed by atoms with Crippen molar-refractivity contribution in [1.82, 2.24) is 9.97 Å². The fourth-order valence-electron chi connectivity index (χ4n) is 3.07. The Morgan fingerprint density at radius 1 is 1.16 bits per heavy atom. The highest BCUT2D eigenvalue weighted by Gasteiger charge is 2.28. The van der Waals surface area contributed by atoms with Crippen LogP contribution in [0.2, 0.25) is 5.28 Å². The SMILES string of the molecule is CCOc1cc(C=C2C(=O)N(c3ccccc3)N=C2C)ccc1Oc1nc(Cl)ncc1F. The van der Waals surface area contributed by atoms with Gasteiger partial charge in [0.2, 0.25) is 11.1 Å². The van der Waals surface area contributed by atoms with Crippen LogP contribution < -0.4 is 14.5 Å². The first-order valence-corrected chi connectivity index (χ1v) is 10.1. The van der Waals surface area contributed by atoms with Gasteiger partial charge in [0.15, 0.2) is 11.5 Å². The normalized spacial score (nSPS) is 14.6. The second kappa shape index (κ2) is 9.15. The van der Waals surface area contributed by atoms with Crippen LogP contribution >= 0.6 is 11.6 Å². The molecule has 0 spiro atoms. The van der Waals surface area contributed by atoms with Gasteiger partial charge in [-0.15, -0.1) is 0 Å². The Hall–Kier alpha value is -3.78. The van der Waals surface area contributed by atoms with Gasteiger partial charge in [-0.25, -0.2) is 4.98 Å². The molecule has 3 aromatic rings. The lowest BCUT2D eigenvalue weighted by Gasteiger charge is -2.13. The second-order valence-corrected chi connectivity index (χ2v) is 7.07. The largest absolute Gasteiger partial charge is 0.490 e. The molecule has 1 amide bonds. The number of aromatic nitrogens is 2. The Labute approximate surface area is 188 Å². The minimum Gasteiger partial charge on any atom is -0.490 e. The maximum atomic E-state index is 14.0. The minimum atomic E-state index is -0.757. The molecule has 1 aliphatic heterocycles. The molecule has 2 aromatic carbocycles. The smallest absolute Gasteiger partial charge is 0.280 e. The number of para-hydroxylation sites is 1. The van der Waals surface area contributed by atoms with Crippen LogP contribution in [-0.4, -0.2) is 28.2 Å². The standard InChI is InChI=1S/C23H18ClFN4O3/c1-3-31-20-12-15(9-10-19(20)32-21-18(25)13-26-23(24)27-21)11-17-14(2)28-29(22(17)30)16-7-5-4-6-8-16/h4-13H,3H2,1-2H3. The minimum absolute atomic E-state index is 0.141. The number of amides is 1. The summed E-state index contributed by atoms with van der Waals surface area (Å²) in [4.78, 5) is 20.2. The van der Waals surface area contributed by atoms with Gasteiger partial charge in [-0.05, 0) is 61.4 Å². The van der Waals surface area contributed by atoms with Gasteiger partial charge in [0.1, 0.15) is 0 Å². The number of carbonyl (C=O) groups is 1. The van der Waals surface area contributed by atoms with E-state index >= 15 is 0 Å². The van der Waals surface area contributed by atoms with Crippen molar-refractivity contribution in [3.8, 4) is 17.4 Å². The molecule has 1 aliphatic rings. The number of carbonyl (C=O) groups excluding carboxylic acids is 1. The van der Waals surface area contributed by atoms with Crippen LogP contribution in [0.15, 0.2) is 65.4 Å². The van der Waals surface area contributed by atoms with Crippen LogP contribution in [0.3, 0.4) is 0 Å². The Bertz CT molecular complexity index is 1230. The van der Waals surface area contributed by atoms with E-state index in [4.69, 9.17) is 21.1 Å². The number of rotatable bonds is 6. The third-order valence-electron chi connectivity index (χ3n) is 4.53. The van der Waals surface area contributed by atoms with Gasteiger partial charge >= 0.3 is 0 Å². The first-order valence-electron chi connectivity index (χ1n) is 9.75. The molecule has 0 saturated carbocycles. The van der Waals surface area contributed by atoms with Crippen molar-refractivity contribution in [2.45, 2.75) is 13.8 Å². The van der Waals surface area contributed by atoms with Gasteiger partial charge in [-0.2, -0.15) is 19.5 Å². The highest BCUT2D eigenvalue weighted by molar-refractivity contribution is 6.32. The summed E-state index contributed by atoms with van der Waals surface area (Å²) in [5, 5.41) is 5.60. The van der Waals surface area contributed by atoms with E-state index in [1.54, 1.807) is 31.2 Å². The van der Waals surface area contributed by atoms with Crippen LogP contribution in [0.5, 0.6) is 17.4 Å². The van der Waals surface area contributed by atoms with Crippen molar-refractivity contribution >= 4 is 35.0 Å². The number of hydrogen-bond donors (Lipinski definition) is 0. The maximum absolute atomic E-state index is 14.0.